The maximum atomic E-state index is 12.8. The van der Waals surface area contributed by atoms with Crippen molar-refractivity contribution in [2.45, 2.75) is 32.6 Å². The minimum atomic E-state index is -4.19. The highest BCUT2D eigenvalue weighted by atomic mass is 19.4. The summed E-state index contributed by atoms with van der Waals surface area (Å²) in [6.07, 6.45) is -4.19. The molecule has 1 unspecified atom stereocenters. The fourth-order valence-electron chi connectivity index (χ4n) is 2.95. The molecular weight excluding hydrogens is 345 g/mol. The van der Waals surface area contributed by atoms with E-state index in [1.807, 2.05) is 36.1 Å². The number of ether oxygens (including phenoxy) is 1. The molecule has 2 rings (SSSR count). The first-order valence-electron chi connectivity index (χ1n) is 8.83. The molecule has 1 atom stereocenters. The Morgan fingerprint density at radius 3 is 2.54 bits per heavy atom. The number of aliphatic imine (C=N–C) groups is 1. The number of hydrogen-bond donors (Lipinski definition) is 1. The van der Waals surface area contributed by atoms with E-state index >= 15 is 0 Å². The lowest BCUT2D eigenvalue weighted by molar-refractivity contribution is -0.181. The van der Waals surface area contributed by atoms with E-state index in [1.165, 1.54) is 11.8 Å². The summed E-state index contributed by atoms with van der Waals surface area (Å²) in [5, 5.41) is 3.28. The number of halogens is 3. The molecule has 0 spiro atoms. The van der Waals surface area contributed by atoms with E-state index in [-0.39, 0.29) is 0 Å². The maximum Gasteiger partial charge on any atom is 0.403 e. The number of alkyl halides is 3. The lowest BCUT2D eigenvalue weighted by Crippen LogP contribution is -2.56. The SMILES string of the molecule is CCOc1cccc(CNC(=NC)N2CCN(C(C)C(F)(F)F)CC2)c1. The Bertz CT molecular complexity index is 598. The predicted octanol–water partition coefficient (Wildman–Crippen LogP) is 2.73. The quantitative estimate of drug-likeness (QED) is 0.637. The minimum absolute atomic E-state index is 0.362. The number of nitrogens with one attached hydrogen (secondary N) is 1. The van der Waals surface area contributed by atoms with E-state index in [2.05, 4.69) is 10.3 Å². The molecule has 1 aliphatic rings. The van der Waals surface area contributed by atoms with Crippen molar-refractivity contribution in [3.05, 3.63) is 29.8 Å². The van der Waals surface area contributed by atoms with E-state index in [0.29, 0.717) is 45.3 Å². The van der Waals surface area contributed by atoms with Crippen molar-refractivity contribution in [3.63, 3.8) is 0 Å². The highest BCUT2D eigenvalue weighted by molar-refractivity contribution is 5.80. The smallest absolute Gasteiger partial charge is 0.403 e. The first-order chi connectivity index (χ1) is 12.3. The van der Waals surface area contributed by atoms with Gasteiger partial charge in [-0.25, -0.2) is 0 Å². The van der Waals surface area contributed by atoms with Gasteiger partial charge in [-0.15, -0.1) is 0 Å². The number of guanidine groups is 1. The Morgan fingerprint density at radius 2 is 1.96 bits per heavy atom. The van der Waals surface area contributed by atoms with Crippen LogP contribution >= 0.6 is 0 Å². The Hall–Kier alpha value is -1.96. The molecule has 0 amide bonds. The molecule has 1 heterocycles. The van der Waals surface area contributed by atoms with E-state index in [0.717, 1.165) is 11.3 Å². The molecule has 0 radical (unpaired) electrons. The Kier molecular flexibility index (Phi) is 7.14. The Labute approximate surface area is 152 Å². The molecule has 26 heavy (non-hydrogen) atoms. The highest BCUT2D eigenvalue weighted by Gasteiger charge is 2.41. The van der Waals surface area contributed by atoms with Gasteiger partial charge in [0.25, 0.3) is 0 Å². The molecule has 5 nitrogen and oxygen atoms in total. The zero-order valence-corrected chi connectivity index (χ0v) is 15.5. The van der Waals surface area contributed by atoms with Gasteiger partial charge in [-0.05, 0) is 31.5 Å². The average molecular weight is 372 g/mol. The van der Waals surface area contributed by atoms with E-state index in [4.69, 9.17) is 4.74 Å². The molecule has 1 aliphatic heterocycles. The molecule has 1 aromatic rings. The molecule has 1 fully saturated rings. The molecule has 8 heteroatoms. The zero-order valence-electron chi connectivity index (χ0n) is 15.5. The molecule has 0 aliphatic carbocycles. The normalized spacial score (nSPS) is 17.9. The highest BCUT2D eigenvalue weighted by Crippen LogP contribution is 2.25. The van der Waals surface area contributed by atoms with Gasteiger partial charge in [-0.1, -0.05) is 12.1 Å². The molecule has 1 saturated heterocycles. The van der Waals surface area contributed by atoms with Gasteiger partial charge in [-0.3, -0.25) is 9.89 Å². The van der Waals surface area contributed by atoms with Gasteiger partial charge in [-0.2, -0.15) is 13.2 Å². The predicted molar refractivity (Wildman–Crippen MR) is 96.5 cm³/mol. The first-order valence-corrected chi connectivity index (χ1v) is 8.83. The standard InChI is InChI=1S/C18H27F3N4O/c1-4-26-16-7-5-6-15(12-16)13-23-17(22-3)25-10-8-24(9-11-25)14(2)18(19,20)21/h5-7,12,14H,4,8-11,13H2,1-3H3,(H,22,23). The second-order valence-corrected chi connectivity index (χ2v) is 6.22. The van der Waals surface area contributed by atoms with Gasteiger partial charge in [0, 0.05) is 39.8 Å². The second-order valence-electron chi connectivity index (χ2n) is 6.22. The van der Waals surface area contributed by atoms with Crippen LogP contribution in [0.3, 0.4) is 0 Å². The number of rotatable bonds is 5. The van der Waals surface area contributed by atoms with Crippen LogP contribution < -0.4 is 10.1 Å². The molecule has 1 N–H and O–H groups in total. The third-order valence-corrected chi connectivity index (χ3v) is 4.51. The summed E-state index contributed by atoms with van der Waals surface area (Å²) in [7, 11) is 1.68. The largest absolute Gasteiger partial charge is 0.494 e. The summed E-state index contributed by atoms with van der Waals surface area (Å²) < 4.78 is 44.0. The van der Waals surface area contributed by atoms with Crippen LogP contribution in [-0.4, -0.2) is 67.8 Å². The summed E-state index contributed by atoms with van der Waals surface area (Å²) in [6, 6.07) is 6.38. The van der Waals surface area contributed by atoms with Crippen LogP contribution in [0, 0.1) is 0 Å². The van der Waals surface area contributed by atoms with Gasteiger partial charge >= 0.3 is 6.18 Å². The van der Waals surface area contributed by atoms with E-state index < -0.39 is 12.2 Å². The van der Waals surface area contributed by atoms with Gasteiger partial charge in [0.15, 0.2) is 5.96 Å². The summed E-state index contributed by atoms with van der Waals surface area (Å²) in [6.45, 7) is 6.09. The fourth-order valence-corrected chi connectivity index (χ4v) is 2.95. The van der Waals surface area contributed by atoms with E-state index in [1.54, 1.807) is 7.05 Å². The molecule has 0 bridgehead atoms. The van der Waals surface area contributed by atoms with Crippen LogP contribution in [0.15, 0.2) is 29.3 Å². The average Bonchev–Trinajstić information content (AvgIpc) is 2.62. The number of hydrogen-bond acceptors (Lipinski definition) is 3. The van der Waals surface area contributed by atoms with Crippen molar-refractivity contribution >= 4 is 5.96 Å². The van der Waals surface area contributed by atoms with E-state index in [9.17, 15) is 13.2 Å². The molecule has 146 valence electrons. The first kappa shape index (κ1) is 20.4. The third-order valence-electron chi connectivity index (χ3n) is 4.51. The molecule has 0 aromatic heterocycles. The maximum absolute atomic E-state index is 12.8. The van der Waals surface area contributed by atoms with Crippen molar-refractivity contribution in [2.75, 3.05) is 39.8 Å². The summed E-state index contributed by atoms with van der Waals surface area (Å²) >= 11 is 0. The van der Waals surface area contributed by atoms with Crippen molar-refractivity contribution in [1.82, 2.24) is 15.1 Å². The van der Waals surface area contributed by atoms with Crippen molar-refractivity contribution in [1.29, 1.82) is 0 Å². The fraction of sp³-hybridized carbons (Fsp3) is 0.611. The van der Waals surface area contributed by atoms with Crippen LogP contribution in [0.5, 0.6) is 5.75 Å². The number of nitrogens with zero attached hydrogens (tertiary/aromatic N) is 3. The lowest BCUT2D eigenvalue weighted by Gasteiger charge is -2.39. The summed E-state index contributed by atoms with van der Waals surface area (Å²) in [5.74, 6) is 1.52. The molecular formula is C18H27F3N4O. The molecule has 1 aromatic carbocycles. The van der Waals surface area contributed by atoms with Gasteiger partial charge in [0.2, 0.25) is 0 Å². The summed E-state index contributed by atoms with van der Waals surface area (Å²) in [4.78, 5) is 7.72. The third kappa shape index (κ3) is 5.52. The summed E-state index contributed by atoms with van der Waals surface area (Å²) in [5.41, 5.74) is 1.06. The topological polar surface area (TPSA) is 40.1 Å². The van der Waals surface area contributed by atoms with Crippen LogP contribution in [0.2, 0.25) is 0 Å². The lowest BCUT2D eigenvalue weighted by atomic mass is 10.2. The van der Waals surface area contributed by atoms with Crippen LogP contribution in [0.4, 0.5) is 13.2 Å². The van der Waals surface area contributed by atoms with Crippen molar-refractivity contribution < 1.29 is 17.9 Å². The van der Waals surface area contributed by atoms with Crippen LogP contribution in [0.1, 0.15) is 19.4 Å². The Balaban J connectivity index is 1.87. The second kappa shape index (κ2) is 9.12. The van der Waals surface area contributed by atoms with Gasteiger partial charge in [0.1, 0.15) is 11.8 Å². The van der Waals surface area contributed by atoms with Gasteiger partial charge < -0.3 is 15.0 Å². The Morgan fingerprint density at radius 1 is 1.27 bits per heavy atom. The number of piperazine rings is 1. The number of benzene rings is 1. The minimum Gasteiger partial charge on any atom is -0.494 e. The monoisotopic (exact) mass is 372 g/mol. The van der Waals surface area contributed by atoms with Crippen molar-refractivity contribution in [2.24, 2.45) is 4.99 Å². The zero-order chi connectivity index (χ0) is 19.2. The van der Waals surface area contributed by atoms with Gasteiger partial charge in [0.05, 0.1) is 6.61 Å². The van der Waals surface area contributed by atoms with Crippen molar-refractivity contribution in [3.8, 4) is 5.75 Å². The van der Waals surface area contributed by atoms with Crippen LogP contribution in [0.25, 0.3) is 0 Å². The van der Waals surface area contributed by atoms with Crippen LogP contribution in [-0.2, 0) is 6.54 Å². The molecule has 0 saturated carbocycles.